The average molecular weight is 337 g/mol. The quantitative estimate of drug-likeness (QED) is 0.801. The van der Waals surface area contributed by atoms with Gasteiger partial charge in [0.15, 0.2) is 5.82 Å². The zero-order valence-electron chi connectivity index (χ0n) is 12.1. The van der Waals surface area contributed by atoms with Crippen LogP contribution in [0.4, 0.5) is 5.82 Å². The van der Waals surface area contributed by atoms with Crippen molar-refractivity contribution >= 4 is 27.3 Å². The molecule has 0 bridgehead atoms. The second kappa shape index (κ2) is 5.72. The van der Waals surface area contributed by atoms with Gasteiger partial charge in [-0.15, -0.1) is 0 Å². The van der Waals surface area contributed by atoms with Gasteiger partial charge >= 0.3 is 0 Å². The third-order valence-corrected chi connectivity index (χ3v) is 4.54. The topological polar surface area (TPSA) is 33.4 Å². The van der Waals surface area contributed by atoms with E-state index >= 15 is 0 Å². The van der Waals surface area contributed by atoms with Gasteiger partial charge in [-0.2, -0.15) is 5.10 Å². The Morgan fingerprint density at radius 1 is 1.45 bits per heavy atom. The summed E-state index contributed by atoms with van der Waals surface area (Å²) in [5.74, 6) is 2.32. The molecule has 108 valence electrons. The standard InChI is InChI=1S/C15H21BrN4/c1-11(2)13-9-14-15(17-6-8-20(14)18-13)19-7-4-12(10-19)3-5-16/h6,8-9,11-12H,3-5,7,10H2,1-2H3. The van der Waals surface area contributed by atoms with Crippen LogP contribution in [0, 0.1) is 5.92 Å². The van der Waals surface area contributed by atoms with Crippen LogP contribution in [0.1, 0.15) is 38.3 Å². The zero-order chi connectivity index (χ0) is 14.1. The SMILES string of the molecule is CC(C)c1cc2c(N3CCC(CCBr)C3)nccn2n1. The first-order valence-corrected chi connectivity index (χ1v) is 8.46. The lowest BCUT2D eigenvalue weighted by Crippen LogP contribution is -2.21. The van der Waals surface area contributed by atoms with Crippen LogP contribution in [-0.2, 0) is 0 Å². The highest BCUT2D eigenvalue weighted by Crippen LogP contribution is 2.28. The molecule has 0 amide bonds. The Morgan fingerprint density at radius 3 is 3.05 bits per heavy atom. The van der Waals surface area contributed by atoms with Crippen molar-refractivity contribution in [1.82, 2.24) is 14.6 Å². The molecule has 2 aromatic rings. The number of halogens is 1. The summed E-state index contributed by atoms with van der Waals surface area (Å²) in [7, 11) is 0. The van der Waals surface area contributed by atoms with E-state index in [1.807, 2.05) is 16.9 Å². The number of alkyl halides is 1. The fourth-order valence-corrected chi connectivity index (χ4v) is 3.52. The summed E-state index contributed by atoms with van der Waals surface area (Å²) in [6, 6.07) is 2.19. The van der Waals surface area contributed by atoms with Gasteiger partial charge in [0.1, 0.15) is 5.52 Å². The van der Waals surface area contributed by atoms with Gasteiger partial charge in [-0.25, -0.2) is 9.50 Å². The maximum Gasteiger partial charge on any atom is 0.154 e. The highest BCUT2D eigenvalue weighted by atomic mass is 79.9. The predicted molar refractivity (Wildman–Crippen MR) is 85.8 cm³/mol. The molecule has 4 nitrogen and oxygen atoms in total. The van der Waals surface area contributed by atoms with E-state index in [0.717, 1.165) is 41.4 Å². The lowest BCUT2D eigenvalue weighted by Gasteiger charge is -2.18. The van der Waals surface area contributed by atoms with Gasteiger partial charge in [0.2, 0.25) is 0 Å². The minimum absolute atomic E-state index is 0.447. The van der Waals surface area contributed by atoms with E-state index in [1.54, 1.807) is 0 Å². The van der Waals surface area contributed by atoms with Crippen LogP contribution in [0.25, 0.3) is 5.52 Å². The third-order valence-electron chi connectivity index (χ3n) is 4.08. The fourth-order valence-electron chi connectivity index (χ4n) is 2.87. The van der Waals surface area contributed by atoms with Gasteiger partial charge < -0.3 is 4.90 Å². The molecule has 2 aromatic heterocycles. The number of hydrogen-bond acceptors (Lipinski definition) is 3. The molecule has 3 rings (SSSR count). The molecule has 0 N–H and O–H groups in total. The first kappa shape index (κ1) is 13.9. The normalized spacial score (nSPS) is 19.4. The van der Waals surface area contributed by atoms with Crippen molar-refractivity contribution < 1.29 is 0 Å². The molecular formula is C15H21BrN4. The molecule has 1 atom stereocenters. The van der Waals surface area contributed by atoms with Crippen molar-refractivity contribution in [2.75, 3.05) is 23.3 Å². The maximum absolute atomic E-state index is 4.64. The molecule has 20 heavy (non-hydrogen) atoms. The van der Waals surface area contributed by atoms with Gasteiger partial charge in [0, 0.05) is 30.8 Å². The Hall–Kier alpha value is -1.10. The molecule has 0 aliphatic carbocycles. The Balaban J connectivity index is 1.92. The van der Waals surface area contributed by atoms with Gasteiger partial charge in [0.05, 0.1) is 5.69 Å². The number of nitrogens with zero attached hydrogens (tertiary/aromatic N) is 4. The number of hydrogen-bond donors (Lipinski definition) is 0. The summed E-state index contributed by atoms with van der Waals surface area (Å²) >= 11 is 3.55. The van der Waals surface area contributed by atoms with Crippen molar-refractivity contribution in [3.05, 3.63) is 24.2 Å². The van der Waals surface area contributed by atoms with Crippen LogP contribution in [0.2, 0.25) is 0 Å². The van der Waals surface area contributed by atoms with Crippen LogP contribution in [0.3, 0.4) is 0 Å². The Bertz CT molecular complexity index is 593. The van der Waals surface area contributed by atoms with Crippen molar-refractivity contribution in [2.24, 2.45) is 5.92 Å². The van der Waals surface area contributed by atoms with Crippen LogP contribution < -0.4 is 4.90 Å². The molecule has 0 saturated carbocycles. The highest BCUT2D eigenvalue weighted by molar-refractivity contribution is 9.09. The summed E-state index contributed by atoms with van der Waals surface area (Å²) in [4.78, 5) is 7.02. The molecule has 0 spiro atoms. The van der Waals surface area contributed by atoms with Crippen LogP contribution in [0.5, 0.6) is 0 Å². The highest BCUT2D eigenvalue weighted by Gasteiger charge is 2.24. The van der Waals surface area contributed by atoms with E-state index in [2.05, 4.69) is 50.8 Å². The van der Waals surface area contributed by atoms with Crippen LogP contribution in [-0.4, -0.2) is 33.0 Å². The van der Waals surface area contributed by atoms with E-state index in [4.69, 9.17) is 0 Å². The lowest BCUT2D eigenvalue weighted by atomic mass is 10.1. The Morgan fingerprint density at radius 2 is 2.30 bits per heavy atom. The van der Waals surface area contributed by atoms with Crippen LogP contribution >= 0.6 is 15.9 Å². The van der Waals surface area contributed by atoms with Crippen molar-refractivity contribution in [2.45, 2.75) is 32.6 Å². The van der Waals surface area contributed by atoms with E-state index in [-0.39, 0.29) is 0 Å². The van der Waals surface area contributed by atoms with Crippen LogP contribution in [0.15, 0.2) is 18.5 Å². The number of fused-ring (bicyclic) bond motifs is 1. The smallest absolute Gasteiger partial charge is 0.154 e. The van der Waals surface area contributed by atoms with Gasteiger partial charge in [-0.05, 0) is 30.7 Å². The fraction of sp³-hybridized carbons (Fsp3) is 0.600. The molecule has 0 radical (unpaired) electrons. The van der Waals surface area contributed by atoms with E-state index in [1.165, 1.54) is 12.8 Å². The van der Waals surface area contributed by atoms with E-state index in [9.17, 15) is 0 Å². The molecular weight excluding hydrogens is 316 g/mol. The third kappa shape index (κ3) is 2.55. The molecule has 5 heteroatoms. The second-order valence-electron chi connectivity index (χ2n) is 5.88. The molecule has 1 unspecified atom stereocenters. The van der Waals surface area contributed by atoms with Gasteiger partial charge in [-0.1, -0.05) is 29.8 Å². The van der Waals surface area contributed by atoms with Gasteiger partial charge in [0.25, 0.3) is 0 Å². The summed E-state index contributed by atoms with van der Waals surface area (Å²) < 4.78 is 1.97. The first-order valence-electron chi connectivity index (χ1n) is 7.34. The first-order chi connectivity index (χ1) is 9.69. The Labute approximate surface area is 128 Å². The minimum atomic E-state index is 0.447. The minimum Gasteiger partial charge on any atom is -0.355 e. The monoisotopic (exact) mass is 336 g/mol. The number of anilines is 1. The predicted octanol–water partition coefficient (Wildman–Crippen LogP) is 3.46. The Kier molecular flexibility index (Phi) is 3.96. The number of aromatic nitrogens is 3. The van der Waals surface area contributed by atoms with Gasteiger partial charge in [-0.3, -0.25) is 0 Å². The molecule has 1 aliphatic rings. The lowest BCUT2D eigenvalue weighted by molar-refractivity contribution is 0.575. The second-order valence-corrected chi connectivity index (χ2v) is 6.68. The van der Waals surface area contributed by atoms with E-state index < -0.39 is 0 Å². The molecule has 0 aromatic carbocycles. The summed E-state index contributed by atoms with van der Waals surface area (Å²) in [6.45, 7) is 6.57. The summed E-state index contributed by atoms with van der Waals surface area (Å²) in [5.41, 5.74) is 2.27. The van der Waals surface area contributed by atoms with Crippen molar-refractivity contribution in [3.8, 4) is 0 Å². The molecule has 1 fully saturated rings. The average Bonchev–Trinajstić information content (AvgIpc) is 3.04. The zero-order valence-corrected chi connectivity index (χ0v) is 13.7. The summed E-state index contributed by atoms with van der Waals surface area (Å²) in [6.07, 6.45) is 6.31. The van der Waals surface area contributed by atoms with Crippen molar-refractivity contribution in [3.63, 3.8) is 0 Å². The van der Waals surface area contributed by atoms with Crippen molar-refractivity contribution in [1.29, 1.82) is 0 Å². The molecule has 1 saturated heterocycles. The molecule has 1 aliphatic heterocycles. The van der Waals surface area contributed by atoms with E-state index in [0.29, 0.717) is 5.92 Å². The molecule has 3 heterocycles. The number of rotatable bonds is 4. The largest absolute Gasteiger partial charge is 0.355 e. The maximum atomic E-state index is 4.64. The summed E-state index contributed by atoms with van der Waals surface area (Å²) in [5, 5.41) is 5.73.